The summed E-state index contributed by atoms with van der Waals surface area (Å²) in [7, 11) is 0. The van der Waals surface area contributed by atoms with E-state index in [1.54, 1.807) is 12.8 Å². The Kier molecular flexibility index (Phi) is 7.20. The van der Waals surface area contributed by atoms with Crippen LogP contribution in [0.15, 0.2) is 0 Å². The molecule has 4 fully saturated rings. The Labute approximate surface area is 193 Å². The first-order valence-electron chi connectivity index (χ1n) is 13.9. The van der Waals surface area contributed by atoms with Crippen molar-refractivity contribution < 1.29 is 9.47 Å². The molecule has 2 nitrogen and oxygen atoms in total. The lowest BCUT2D eigenvalue weighted by molar-refractivity contribution is -0.122. The first-order valence-corrected chi connectivity index (χ1v) is 13.9. The van der Waals surface area contributed by atoms with Crippen LogP contribution < -0.4 is 0 Å². The van der Waals surface area contributed by atoms with Crippen LogP contribution in [0, 0.1) is 46.3 Å². The first kappa shape index (κ1) is 24.1. The molecule has 31 heavy (non-hydrogen) atoms. The molecule has 180 valence electrons. The Balaban J connectivity index is 1.31. The summed E-state index contributed by atoms with van der Waals surface area (Å²) in [5, 5.41) is 0. The Morgan fingerprint density at radius 1 is 0.871 bits per heavy atom. The third kappa shape index (κ3) is 4.77. The maximum Gasteiger partial charge on any atom is 0.147 e. The third-order valence-electron chi connectivity index (χ3n) is 10.9. The molecule has 0 aliphatic heterocycles. The second-order valence-electron chi connectivity index (χ2n) is 13.5. The molecule has 0 aromatic rings. The van der Waals surface area contributed by atoms with Gasteiger partial charge in [0.1, 0.15) is 6.79 Å². The summed E-state index contributed by atoms with van der Waals surface area (Å²) in [6, 6.07) is 0. The fraction of sp³-hybridized carbons (Fsp3) is 1.00. The van der Waals surface area contributed by atoms with Crippen molar-refractivity contribution in [3.8, 4) is 0 Å². The molecule has 5 unspecified atom stereocenters. The molecule has 0 aromatic carbocycles. The van der Waals surface area contributed by atoms with Gasteiger partial charge >= 0.3 is 0 Å². The van der Waals surface area contributed by atoms with Crippen molar-refractivity contribution in [1.82, 2.24) is 0 Å². The second-order valence-corrected chi connectivity index (χ2v) is 13.5. The van der Waals surface area contributed by atoms with Crippen LogP contribution in [0.25, 0.3) is 0 Å². The molecule has 0 bridgehead atoms. The normalized spacial score (nSPS) is 43.7. The van der Waals surface area contributed by atoms with E-state index in [-0.39, 0.29) is 5.60 Å². The van der Waals surface area contributed by atoms with E-state index >= 15 is 0 Å². The zero-order valence-electron chi connectivity index (χ0n) is 21.7. The van der Waals surface area contributed by atoms with Gasteiger partial charge in [-0.3, -0.25) is 0 Å². The molecule has 4 aliphatic rings. The molecular formula is C29H52O2. The second kappa shape index (κ2) is 9.28. The van der Waals surface area contributed by atoms with Crippen LogP contribution in [0.1, 0.15) is 119 Å². The fourth-order valence-corrected chi connectivity index (χ4v) is 9.26. The molecule has 0 saturated heterocycles. The van der Waals surface area contributed by atoms with E-state index in [1.165, 1.54) is 64.2 Å². The third-order valence-corrected chi connectivity index (χ3v) is 10.9. The van der Waals surface area contributed by atoms with E-state index in [0.717, 1.165) is 42.1 Å². The van der Waals surface area contributed by atoms with E-state index in [9.17, 15) is 0 Å². The Morgan fingerprint density at radius 2 is 1.65 bits per heavy atom. The molecule has 0 amide bonds. The molecule has 4 saturated carbocycles. The quantitative estimate of drug-likeness (QED) is 0.298. The number of hydrogen-bond donors (Lipinski definition) is 0. The predicted molar refractivity (Wildman–Crippen MR) is 130 cm³/mol. The minimum Gasteiger partial charge on any atom is -0.355 e. The van der Waals surface area contributed by atoms with Crippen LogP contribution in [0.3, 0.4) is 0 Å². The van der Waals surface area contributed by atoms with Crippen LogP contribution in [0.5, 0.6) is 0 Å². The van der Waals surface area contributed by atoms with Gasteiger partial charge < -0.3 is 9.47 Å². The van der Waals surface area contributed by atoms with Gasteiger partial charge in [-0.15, -0.1) is 0 Å². The van der Waals surface area contributed by atoms with E-state index in [2.05, 4.69) is 41.5 Å². The standard InChI is InChI=1S/C29H52O2/c1-21(10-9-19-30-20-31-27(2,3)4)24-14-15-25-23-13-12-22-11-7-8-17-28(22,5)26(23)16-18-29(24,25)6/h21-26H,7-20H2,1-6H3/t21-,22?,23+,24?,25+,26?,28?,29?/m1/s1. The minimum atomic E-state index is -0.104. The molecule has 4 aliphatic carbocycles. The summed E-state index contributed by atoms with van der Waals surface area (Å²) in [6.45, 7) is 15.5. The van der Waals surface area contributed by atoms with Crippen molar-refractivity contribution in [3.05, 3.63) is 0 Å². The van der Waals surface area contributed by atoms with Crippen molar-refractivity contribution in [1.29, 1.82) is 0 Å². The largest absolute Gasteiger partial charge is 0.355 e. The number of ether oxygens (including phenoxy) is 2. The van der Waals surface area contributed by atoms with E-state index in [4.69, 9.17) is 9.47 Å². The number of fused-ring (bicyclic) bond motifs is 5. The Hall–Kier alpha value is -0.0800. The Bertz CT molecular complexity index is 594. The summed E-state index contributed by atoms with van der Waals surface area (Å²) in [5.41, 5.74) is 1.18. The average Bonchev–Trinajstić information content (AvgIpc) is 3.06. The van der Waals surface area contributed by atoms with Crippen LogP contribution in [0.4, 0.5) is 0 Å². The van der Waals surface area contributed by atoms with Crippen molar-refractivity contribution >= 4 is 0 Å². The summed E-state index contributed by atoms with van der Waals surface area (Å²) < 4.78 is 11.5. The van der Waals surface area contributed by atoms with E-state index < -0.39 is 0 Å². The predicted octanol–water partition coefficient (Wildman–Crippen LogP) is 8.24. The van der Waals surface area contributed by atoms with Gasteiger partial charge in [0.05, 0.1) is 5.60 Å². The number of rotatable bonds is 7. The molecular weight excluding hydrogens is 380 g/mol. The number of hydrogen-bond acceptors (Lipinski definition) is 2. The lowest BCUT2D eigenvalue weighted by Gasteiger charge is -2.61. The maximum absolute atomic E-state index is 5.76. The topological polar surface area (TPSA) is 18.5 Å². The zero-order chi connectivity index (χ0) is 22.3. The van der Waals surface area contributed by atoms with Gasteiger partial charge in [0, 0.05) is 6.61 Å². The highest BCUT2D eigenvalue weighted by atomic mass is 16.7. The summed E-state index contributed by atoms with van der Waals surface area (Å²) in [4.78, 5) is 0. The van der Waals surface area contributed by atoms with Crippen molar-refractivity contribution in [2.75, 3.05) is 13.4 Å². The molecule has 8 atom stereocenters. The minimum absolute atomic E-state index is 0.104. The van der Waals surface area contributed by atoms with Gasteiger partial charge in [0.25, 0.3) is 0 Å². The van der Waals surface area contributed by atoms with Gasteiger partial charge in [-0.05, 0) is 131 Å². The van der Waals surface area contributed by atoms with Crippen molar-refractivity contribution in [2.45, 2.75) is 124 Å². The van der Waals surface area contributed by atoms with Crippen LogP contribution in [-0.2, 0) is 9.47 Å². The lowest BCUT2D eigenvalue weighted by atomic mass is 9.44. The molecule has 0 radical (unpaired) electrons. The highest BCUT2D eigenvalue weighted by Gasteiger charge is 2.59. The monoisotopic (exact) mass is 432 g/mol. The highest BCUT2D eigenvalue weighted by Crippen LogP contribution is 2.68. The van der Waals surface area contributed by atoms with Gasteiger partial charge in [0.2, 0.25) is 0 Å². The van der Waals surface area contributed by atoms with Gasteiger partial charge in [-0.25, -0.2) is 0 Å². The first-order chi connectivity index (χ1) is 14.7. The van der Waals surface area contributed by atoms with Crippen molar-refractivity contribution in [2.24, 2.45) is 46.3 Å². The van der Waals surface area contributed by atoms with Gasteiger partial charge in [-0.1, -0.05) is 33.6 Å². The van der Waals surface area contributed by atoms with Crippen LogP contribution >= 0.6 is 0 Å². The average molecular weight is 433 g/mol. The SMILES string of the molecule is C[C@H](CCCOCOC(C)(C)C)C1CC[C@H]2[C@@H]3CCC4CCCCC4(C)C3CCC12C. The molecule has 0 N–H and O–H groups in total. The Morgan fingerprint density at radius 3 is 2.42 bits per heavy atom. The lowest BCUT2D eigenvalue weighted by Crippen LogP contribution is -2.53. The fourth-order valence-electron chi connectivity index (χ4n) is 9.26. The van der Waals surface area contributed by atoms with E-state index in [1.807, 2.05) is 0 Å². The van der Waals surface area contributed by atoms with Crippen LogP contribution in [0.2, 0.25) is 0 Å². The van der Waals surface area contributed by atoms with Crippen LogP contribution in [-0.4, -0.2) is 19.0 Å². The smallest absolute Gasteiger partial charge is 0.147 e. The molecule has 0 aromatic heterocycles. The zero-order valence-corrected chi connectivity index (χ0v) is 21.7. The van der Waals surface area contributed by atoms with Gasteiger partial charge in [0.15, 0.2) is 0 Å². The van der Waals surface area contributed by atoms with E-state index in [0.29, 0.717) is 17.6 Å². The highest BCUT2D eigenvalue weighted by molar-refractivity contribution is 5.09. The molecule has 2 heteroatoms. The van der Waals surface area contributed by atoms with Crippen molar-refractivity contribution in [3.63, 3.8) is 0 Å². The maximum atomic E-state index is 5.76. The summed E-state index contributed by atoms with van der Waals surface area (Å²) in [5.74, 6) is 5.89. The summed E-state index contributed by atoms with van der Waals surface area (Å²) in [6.07, 6.45) is 17.7. The molecule has 0 spiro atoms. The summed E-state index contributed by atoms with van der Waals surface area (Å²) >= 11 is 0. The van der Waals surface area contributed by atoms with Gasteiger partial charge in [-0.2, -0.15) is 0 Å². The molecule has 0 heterocycles. The molecule has 4 rings (SSSR count).